The van der Waals surface area contributed by atoms with Gasteiger partial charge in [0.05, 0.1) is 16.6 Å². The molecule has 0 saturated heterocycles. The van der Waals surface area contributed by atoms with Crippen LogP contribution >= 0.6 is 0 Å². The first-order chi connectivity index (χ1) is 17.9. The summed E-state index contributed by atoms with van der Waals surface area (Å²) >= 11 is 0. The maximum atomic E-state index is 13.6. The Hall–Kier alpha value is -2.91. The molecular formula is C24H26F7N3O4S. The molecule has 1 amide bonds. The maximum absolute atomic E-state index is 13.6. The molecular weight excluding hydrogens is 559 g/mol. The van der Waals surface area contributed by atoms with Crippen molar-refractivity contribution in [1.82, 2.24) is 10.2 Å². The molecule has 1 heterocycles. The molecule has 0 saturated carbocycles. The molecule has 1 atom stereocenters. The average Bonchev–Trinajstić information content (AvgIpc) is 2.81. The molecule has 0 aliphatic carbocycles. The molecule has 0 bridgehead atoms. The van der Waals surface area contributed by atoms with Crippen molar-refractivity contribution >= 4 is 21.6 Å². The summed E-state index contributed by atoms with van der Waals surface area (Å²) in [5, 5.41) is 12.4. The predicted octanol–water partition coefficient (Wildman–Crippen LogP) is 3.72. The lowest BCUT2D eigenvalue weighted by molar-refractivity contribution is -0.376. The van der Waals surface area contributed by atoms with Crippen LogP contribution in [0.1, 0.15) is 24.0 Å². The minimum absolute atomic E-state index is 0.131. The third-order valence-corrected chi connectivity index (χ3v) is 8.19. The van der Waals surface area contributed by atoms with E-state index < -0.39 is 56.2 Å². The molecule has 0 unspecified atom stereocenters. The summed E-state index contributed by atoms with van der Waals surface area (Å²) in [5.74, 6) is -1.27. The van der Waals surface area contributed by atoms with Gasteiger partial charge in [-0.3, -0.25) is 9.10 Å². The topological polar surface area (TPSA) is 90.0 Å². The zero-order valence-corrected chi connectivity index (χ0v) is 21.6. The second kappa shape index (κ2) is 10.9. The van der Waals surface area contributed by atoms with E-state index >= 15 is 0 Å². The molecule has 0 spiro atoms. The van der Waals surface area contributed by atoms with Gasteiger partial charge in [-0.15, -0.1) is 0 Å². The van der Waals surface area contributed by atoms with E-state index in [0.29, 0.717) is 18.7 Å². The number of alkyl halides is 6. The van der Waals surface area contributed by atoms with Crippen molar-refractivity contribution in [3.8, 4) is 0 Å². The summed E-state index contributed by atoms with van der Waals surface area (Å²) in [5.41, 5.74) is -7.19. The molecule has 0 radical (unpaired) electrons. The van der Waals surface area contributed by atoms with E-state index in [4.69, 9.17) is 0 Å². The van der Waals surface area contributed by atoms with Gasteiger partial charge in [0.15, 0.2) is 0 Å². The van der Waals surface area contributed by atoms with E-state index in [9.17, 15) is 49.1 Å². The first-order valence-corrected chi connectivity index (χ1v) is 13.0. The van der Waals surface area contributed by atoms with Crippen LogP contribution in [0.4, 0.5) is 36.4 Å². The Labute approximate surface area is 220 Å². The Kier molecular flexibility index (Phi) is 8.58. The fraction of sp³-hybridized carbons (Fsp3) is 0.458. The quantitative estimate of drug-likeness (QED) is 0.462. The third kappa shape index (κ3) is 6.14. The largest absolute Gasteiger partial charge is 0.430 e. The van der Waals surface area contributed by atoms with Gasteiger partial charge in [-0.25, -0.2) is 12.8 Å². The number of aliphatic hydroxyl groups is 1. The van der Waals surface area contributed by atoms with Gasteiger partial charge in [-0.1, -0.05) is 12.1 Å². The molecule has 3 rings (SSSR count). The van der Waals surface area contributed by atoms with Gasteiger partial charge in [-0.05, 0) is 62.8 Å². The molecule has 2 aromatic rings. The van der Waals surface area contributed by atoms with Gasteiger partial charge in [0.25, 0.3) is 15.6 Å². The van der Waals surface area contributed by atoms with Gasteiger partial charge in [0.1, 0.15) is 5.82 Å². The summed E-state index contributed by atoms with van der Waals surface area (Å²) in [6.45, 7) is 0.734. The normalized spacial score (nSPS) is 16.8. The van der Waals surface area contributed by atoms with Gasteiger partial charge in [0, 0.05) is 25.1 Å². The minimum Gasteiger partial charge on any atom is -0.369 e. The number of amides is 1. The molecule has 7 nitrogen and oxygen atoms in total. The van der Waals surface area contributed by atoms with Crippen LogP contribution in [0.25, 0.3) is 0 Å². The van der Waals surface area contributed by atoms with Gasteiger partial charge < -0.3 is 15.3 Å². The number of halogens is 7. The number of nitrogens with zero attached hydrogens (tertiary/aromatic N) is 2. The lowest BCUT2D eigenvalue weighted by Gasteiger charge is -2.39. The van der Waals surface area contributed by atoms with E-state index in [1.807, 2.05) is 0 Å². The number of carbonyl (C=O) groups excluding carboxylic acids is 1. The zero-order valence-electron chi connectivity index (χ0n) is 20.8. The number of fused-ring (bicyclic) bond motifs is 1. The van der Waals surface area contributed by atoms with E-state index in [1.165, 1.54) is 0 Å². The Balaban J connectivity index is 2.09. The van der Waals surface area contributed by atoms with Crippen molar-refractivity contribution in [2.24, 2.45) is 0 Å². The molecule has 1 aliphatic rings. The molecule has 0 aromatic heterocycles. The third-order valence-electron chi connectivity index (χ3n) is 6.31. The number of benzene rings is 2. The fourth-order valence-electron chi connectivity index (χ4n) is 4.29. The van der Waals surface area contributed by atoms with Crippen molar-refractivity contribution in [2.75, 3.05) is 31.5 Å². The van der Waals surface area contributed by atoms with Gasteiger partial charge in [0.2, 0.25) is 5.91 Å². The smallest absolute Gasteiger partial charge is 0.369 e. The molecule has 216 valence electrons. The van der Waals surface area contributed by atoms with E-state index in [1.54, 1.807) is 19.0 Å². The number of anilines is 1. The van der Waals surface area contributed by atoms with Gasteiger partial charge in [-0.2, -0.15) is 26.3 Å². The van der Waals surface area contributed by atoms with Crippen LogP contribution in [0.15, 0.2) is 47.4 Å². The second-order valence-electron chi connectivity index (χ2n) is 9.35. The Morgan fingerprint density at radius 3 is 2.18 bits per heavy atom. The minimum atomic E-state index is -6.12. The van der Waals surface area contributed by atoms with E-state index in [-0.39, 0.29) is 37.1 Å². The number of likely N-dealkylation sites (N-methyl/N-ethyl adjacent to an activating group) is 1. The second-order valence-corrected chi connectivity index (χ2v) is 11.2. The highest BCUT2D eigenvalue weighted by molar-refractivity contribution is 7.92. The summed E-state index contributed by atoms with van der Waals surface area (Å²) < 4.78 is 122. The SMILES string of the molecule is CN(C)CCNC(=O)C[C@@H]1CCc2cc(C(O)(C(F)(F)F)C(F)(F)F)ccc2N1S(=O)(=O)c1ccc(F)cc1. The first kappa shape index (κ1) is 30.6. The van der Waals surface area contributed by atoms with Crippen LogP contribution in [0.5, 0.6) is 0 Å². The Morgan fingerprint density at radius 2 is 1.64 bits per heavy atom. The molecule has 39 heavy (non-hydrogen) atoms. The van der Waals surface area contributed by atoms with Gasteiger partial charge >= 0.3 is 12.4 Å². The van der Waals surface area contributed by atoms with Crippen molar-refractivity contribution in [2.45, 2.75) is 48.2 Å². The highest BCUT2D eigenvalue weighted by Crippen LogP contribution is 2.51. The van der Waals surface area contributed by atoms with Crippen molar-refractivity contribution in [3.63, 3.8) is 0 Å². The number of hydrogen-bond acceptors (Lipinski definition) is 5. The number of aryl methyl sites for hydroxylation is 1. The van der Waals surface area contributed by atoms with Crippen molar-refractivity contribution in [1.29, 1.82) is 0 Å². The monoisotopic (exact) mass is 585 g/mol. The van der Waals surface area contributed by atoms with Crippen LogP contribution in [0.2, 0.25) is 0 Å². The molecule has 0 fully saturated rings. The van der Waals surface area contributed by atoms with Crippen LogP contribution in [-0.4, -0.2) is 69.9 Å². The number of carbonyl (C=O) groups is 1. The summed E-state index contributed by atoms with van der Waals surface area (Å²) in [6.07, 6.45) is -12.9. The number of nitrogens with one attached hydrogen (secondary N) is 1. The molecule has 2 N–H and O–H groups in total. The number of hydrogen-bond donors (Lipinski definition) is 2. The highest BCUT2D eigenvalue weighted by atomic mass is 32.2. The predicted molar refractivity (Wildman–Crippen MR) is 127 cm³/mol. The molecule has 15 heteroatoms. The summed E-state index contributed by atoms with van der Waals surface area (Å²) in [7, 11) is -1.01. The van der Waals surface area contributed by atoms with E-state index in [2.05, 4.69) is 5.32 Å². The fourth-order valence-corrected chi connectivity index (χ4v) is 6.00. The van der Waals surface area contributed by atoms with Crippen molar-refractivity contribution in [3.05, 3.63) is 59.4 Å². The van der Waals surface area contributed by atoms with Crippen LogP contribution in [0, 0.1) is 5.82 Å². The van der Waals surface area contributed by atoms with Crippen LogP contribution < -0.4 is 9.62 Å². The van der Waals surface area contributed by atoms with Crippen LogP contribution in [-0.2, 0) is 26.8 Å². The highest BCUT2D eigenvalue weighted by Gasteiger charge is 2.71. The Bertz CT molecular complexity index is 1280. The lowest BCUT2D eigenvalue weighted by Crippen LogP contribution is -2.54. The van der Waals surface area contributed by atoms with Crippen LogP contribution in [0.3, 0.4) is 0 Å². The van der Waals surface area contributed by atoms with Crippen molar-refractivity contribution < 1.29 is 49.1 Å². The van der Waals surface area contributed by atoms with E-state index in [0.717, 1.165) is 34.6 Å². The summed E-state index contributed by atoms with van der Waals surface area (Å²) in [4.78, 5) is 14.0. The zero-order chi connectivity index (χ0) is 29.4. The standard InChI is InChI=1S/C24H26F7N3O4S/c1-33(2)12-11-32-21(35)14-18-7-3-15-13-16(22(36,23(26,27)28)24(29,30)31)4-10-20(15)34(18)39(37,38)19-8-5-17(25)6-9-19/h4-6,8-10,13,18,36H,3,7,11-12,14H2,1-2H3,(H,32,35)/t18-/m0/s1. The maximum Gasteiger partial charge on any atom is 0.430 e. The lowest BCUT2D eigenvalue weighted by atomic mass is 9.87. The number of rotatable bonds is 8. The Morgan fingerprint density at radius 1 is 1.05 bits per heavy atom. The summed E-state index contributed by atoms with van der Waals surface area (Å²) in [6, 6.07) is 4.16. The number of sulfonamides is 1. The molecule has 2 aromatic carbocycles. The average molecular weight is 586 g/mol. The molecule has 1 aliphatic heterocycles. The first-order valence-electron chi connectivity index (χ1n) is 11.6.